The minimum Gasteiger partial charge on any atom is -0.310 e. The molecule has 2 fully saturated rings. The van der Waals surface area contributed by atoms with E-state index in [1.807, 2.05) is 0 Å². The molecule has 0 spiro atoms. The van der Waals surface area contributed by atoms with E-state index >= 15 is 0 Å². The molecule has 3 unspecified atom stereocenters. The number of unbranched alkanes of at least 4 members (excludes halogenated alkanes) is 1. The maximum Gasteiger partial charge on any atom is 0.0212 e. The van der Waals surface area contributed by atoms with Gasteiger partial charge in [-0.2, -0.15) is 0 Å². The lowest BCUT2D eigenvalue weighted by atomic mass is 10.1. The van der Waals surface area contributed by atoms with Gasteiger partial charge in [-0.05, 0) is 39.5 Å². The zero-order chi connectivity index (χ0) is 11.5. The van der Waals surface area contributed by atoms with E-state index in [0.717, 1.165) is 18.1 Å². The Kier molecular flexibility index (Phi) is 4.26. The summed E-state index contributed by atoms with van der Waals surface area (Å²) in [5, 5.41) is 3.82. The van der Waals surface area contributed by atoms with Gasteiger partial charge in [0.15, 0.2) is 0 Å². The molecule has 0 aromatic rings. The third-order valence-corrected chi connectivity index (χ3v) is 4.15. The van der Waals surface area contributed by atoms with Crippen molar-refractivity contribution in [2.75, 3.05) is 6.54 Å². The van der Waals surface area contributed by atoms with Crippen molar-refractivity contribution in [3.63, 3.8) is 0 Å². The predicted octanol–water partition coefficient (Wildman–Crippen LogP) is 2.78. The van der Waals surface area contributed by atoms with E-state index in [1.54, 1.807) is 0 Å². The molecule has 2 nitrogen and oxygen atoms in total. The molecule has 1 saturated heterocycles. The molecule has 0 bridgehead atoms. The first kappa shape index (κ1) is 12.4. The number of rotatable bonds is 6. The van der Waals surface area contributed by atoms with Crippen LogP contribution in [0.15, 0.2) is 0 Å². The highest BCUT2D eigenvalue weighted by atomic mass is 15.3. The SMILES string of the molecule is CCCCC(C)NC1CC(C)N(C2CC2)C1. The van der Waals surface area contributed by atoms with Crippen LogP contribution < -0.4 is 5.32 Å². The largest absolute Gasteiger partial charge is 0.310 e. The summed E-state index contributed by atoms with van der Waals surface area (Å²) in [7, 11) is 0. The molecule has 0 aromatic carbocycles. The Morgan fingerprint density at radius 1 is 1.38 bits per heavy atom. The lowest BCUT2D eigenvalue weighted by Crippen LogP contribution is -2.39. The van der Waals surface area contributed by atoms with Gasteiger partial charge in [0.2, 0.25) is 0 Å². The molecule has 94 valence electrons. The number of nitrogens with zero attached hydrogens (tertiary/aromatic N) is 1. The predicted molar refractivity (Wildman–Crippen MR) is 69.7 cm³/mol. The standard InChI is InChI=1S/C14H28N2/c1-4-5-6-11(2)15-13-9-12(3)16(10-13)14-7-8-14/h11-15H,4-10H2,1-3H3. The summed E-state index contributed by atoms with van der Waals surface area (Å²) in [5.74, 6) is 0. The molecular formula is C14H28N2. The van der Waals surface area contributed by atoms with Gasteiger partial charge in [-0.15, -0.1) is 0 Å². The van der Waals surface area contributed by atoms with Crippen LogP contribution in [-0.4, -0.2) is 35.6 Å². The topological polar surface area (TPSA) is 15.3 Å². The van der Waals surface area contributed by atoms with Gasteiger partial charge in [0.25, 0.3) is 0 Å². The van der Waals surface area contributed by atoms with Crippen molar-refractivity contribution >= 4 is 0 Å². The van der Waals surface area contributed by atoms with Gasteiger partial charge in [0.05, 0.1) is 0 Å². The molecule has 0 radical (unpaired) electrons. The summed E-state index contributed by atoms with van der Waals surface area (Å²) >= 11 is 0. The second kappa shape index (κ2) is 5.50. The van der Waals surface area contributed by atoms with Gasteiger partial charge in [-0.1, -0.05) is 19.8 Å². The average molecular weight is 224 g/mol. The quantitative estimate of drug-likeness (QED) is 0.746. The van der Waals surface area contributed by atoms with Crippen molar-refractivity contribution in [2.45, 2.75) is 83.5 Å². The second-order valence-corrected chi connectivity index (χ2v) is 5.92. The van der Waals surface area contributed by atoms with Crippen LogP contribution in [0.5, 0.6) is 0 Å². The van der Waals surface area contributed by atoms with Gasteiger partial charge in [-0.3, -0.25) is 4.90 Å². The van der Waals surface area contributed by atoms with Crippen LogP contribution in [0.4, 0.5) is 0 Å². The van der Waals surface area contributed by atoms with Gasteiger partial charge in [0.1, 0.15) is 0 Å². The Bertz CT molecular complexity index is 213. The van der Waals surface area contributed by atoms with E-state index in [2.05, 4.69) is 31.0 Å². The van der Waals surface area contributed by atoms with E-state index in [0.29, 0.717) is 6.04 Å². The van der Waals surface area contributed by atoms with Crippen molar-refractivity contribution in [3.8, 4) is 0 Å². The van der Waals surface area contributed by atoms with Crippen LogP contribution >= 0.6 is 0 Å². The molecular weight excluding hydrogens is 196 g/mol. The minimum absolute atomic E-state index is 0.705. The Hall–Kier alpha value is -0.0800. The molecule has 1 N–H and O–H groups in total. The van der Waals surface area contributed by atoms with Crippen LogP contribution in [-0.2, 0) is 0 Å². The zero-order valence-corrected chi connectivity index (χ0v) is 11.2. The molecule has 2 aliphatic rings. The van der Waals surface area contributed by atoms with Crippen LogP contribution in [0, 0.1) is 0 Å². The number of nitrogens with one attached hydrogen (secondary N) is 1. The van der Waals surface area contributed by atoms with E-state index in [9.17, 15) is 0 Å². The normalized spacial score (nSPS) is 33.2. The summed E-state index contributed by atoms with van der Waals surface area (Å²) in [6, 6.07) is 3.20. The highest BCUT2D eigenvalue weighted by molar-refractivity contribution is 4.96. The highest BCUT2D eigenvalue weighted by Crippen LogP contribution is 2.33. The molecule has 16 heavy (non-hydrogen) atoms. The Morgan fingerprint density at radius 3 is 2.75 bits per heavy atom. The number of hydrogen-bond donors (Lipinski definition) is 1. The van der Waals surface area contributed by atoms with E-state index in [4.69, 9.17) is 0 Å². The first-order valence-corrected chi connectivity index (χ1v) is 7.22. The molecule has 3 atom stereocenters. The third kappa shape index (κ3) is 3.21. The first-order valence-electron chi connectivity index (χ1n) is 7.22. The zero-order valence-electron chi connectivity index (χ0n) is 11.2. The van der Waals surface area contributed by atoms with Crippen molar-refractivity contribution in [1.29, 1.82) is 0 Å². The van der Waals surface area contributed by atoms with Gasteiger partial charge < -0.3 is 5.32 Å². The Morgan fingerprint density at radius 2 is 2.12 bits per heavy atom. The molecule has 1 saturated carbocycles. The number of likely N-dealkylation sites (tertiary alicyclic amines) is 1. The first-order chi connectivity index (χ1) is 7.70. The number of hydrogen-bond acceptors (Lipinski definition) is 2. The van der Waals surface area contributed by atoms with Crippen LogP contribution in [0.1, 0.15) is 59.3 Å². The minimum atomic E-state index is 0.705. The molecule has 1 heterocycles. The Labute approximate surface area is 101 Å². The molecule has 2 heteroatoms. The molecule has 1 aliphatic carbocycles. The van der Waals surface area contributed by atoms with Crippen LogP contribution in [0.2, 0.25) is 0 Å². The van der Waals surface area contributed by atoms with Crippen molar-refractivity contribution < 1.29 is 0 Å². The summed E-state index contributed by atoms with van der Waals surface area (Å²) < 4.78 is 0. The monoisotopic (exact) mass is 224 g/mol. The third-order valence-electron chi connectivity index (χ3n) is 4.15. The lowest BCUT2D eigenvalue weighted by Gasteiger charge is -2.21. The average Bonchev–Trinajstić information content (AvgIpc) is 3.01. The van der Waals surface area contributed by atoms with E-state index in [1.165, 1.54) is 45.1 Å². The van der Waals surface area contributed by atoms with Crippen molar-refractivity contribution in [1.82, 2.24) is 10.2 Å². The van der Waals surface area contributed by atoms with Crippen LogP contribution in [0.3, 0.4) is 0 Å². The van der Waals surface area contributed by atoms with E-state index in [-0.39, 0.29) is 0 Å². The Balaban J connectivity index is 1.70. The molecule has 2 rings (SSSR count). The second-order valence-electron chi connectivity index (χ2n) is 5.92. The van der Waals surface area contributed by atoms with Gasteiger partial charge in [0, 0.05) is 30.7 Å². The van der Waals surface area contributed by atoms with Crippen LogP contribution in [0.25, 0.3) is 0 Å². The summed E-state index contributed by atoms with van der Waals surface area (Å²) in [5.41, 5.74) is 0. The molecule has 1 aliphatic heterocycles. The highest BCUT2D eigenvalue weighted by Gasteiger charge is 2.38. The molecule has 0 aromatic heterocycles. The summed E-state index contributed by atoms with van der Waals surface area (Å²) in [4.78, 5) is 2.73. The fourth-order valence-electron chi connectivity index (χ4n) is 3.09. The summed E-state index contributed by atoms with van der Waals surface area (Å²) in [6.07, 6.45) is 8.27. The van der Waals surface area contributed by atoms with Gasteiger partial charge in [-0.25, -0.2) is 0 Å². The van der Waals surface area contributed by atoms with Gasteiger partial charge >= 0.3 is 0 Å². The fraction of sp³-hybridized carbons (Fsp3) is 1.00. The van der Waals surface area contributed by atoms with Crippen molar-refractivity contribution in [3.05, 3.63) is 0 Å². The summed E-state index contributed by atoms with van der Waals surface area (Å²) in [6.45, 7) is 8.32. The van der Waals surface area contributed by atoms with Crippen molar-refractivity contribution in [2.24, 2.45) is 0 Å². The molecule has 0 amide bonds. The maximum absolute atomic E-state index is 3.82. The van der Waals surface area contributed by atoms with E-state index < -0.39 is 0 Å². The lowest BCUT2D eigenvalue weighted by molar-refractivity contribution is 0.254. The maximum atomic E-state index is 3.82. The fourth-order valence-corrected chi connectivity index (χ4v) is 3.09. The smallest absolute Gasteiger partial charge is 0.0212 e.